The summed E-state index contributed by atoms with van der Waals surface area (Å²) in [5.41, 5.74) is 2.43. The van der Waals surface area contributed by atoms with Gasteiger partial charge in [0.25, 0.3) is 0 Å². The molecule has 1 saturated heterocycles. The van der Waals surface area contributed by atoms with Gasteiger partial charge in [0.15, 0.2) is 5.96 Å². The van der Waals surface area contributed by atoms with Crippen LogP contribution in [0.1, 0.15) is 24.5 Å². The zero-order valence-electron chi connectivity index (χ0n) is 16.9. The van der Waals surface area contributed by atoms with E-state index in [-0.39, 0.29) is 4.90 Å². The molecule has 0 saturated carbocycles. The minimum absolute atomic E-state index is 0.139. The van der Waals surface area contributed by atoms with Crippen LogP contribution in [0.5, 0.6) is 0 Å². The van der Waals surface area contributed by atoms with Crippen LogP contribution in [-0.2, 0) is 22.9 Å². The summed E-state index contributed by atoms with van der Waals surface area (Å²) in [4.78, 5) is 7.28. The lowest BCUT2D eigenvalue weighted by Crippen LogP contribution is -2.40. The Morgan fingerprint density at radius 1 is 1.14 bits per heavy atom. The van der Waals surface area contributed by atoms with Crippen LogP contribution in [-0.4, -0.2) is 45.5 Å². The number of hydrogen-bond acceptors (Lipinski definition) is 3. The lowest BCUT2D eigenvalue weighted by molar-refractivity contribution is 0.460. The summed E-state index contributed by atoms with van der Waals surface area (Å²) in [6.07, 6.45) is 3.03. The molecule has 0 radical (unpaired) electrons. The third-order valence-corrected chi connectivity index (χ3v) is 6.13. The summed E-state index contributed by atoms with van der Waals surface area (Å²) in [6, 6.07) is 17.4. The Morgan fingerprint density at radius 3 is 2.52 bits per heavy atom. The van der Waals surface area contributed by atoms with E-state index >= 15 is 0 Å². The fourth-order valence-corrected chi connectivity index (χ4v) is 4.22. The van der Waals surface area contributed by atoms with Crippen molar-refractivity contribution in [3.8, 4) is 0 Å². The molecule has 156 valence electrons. The van der Waals surface area contributed by atoms with Gasteiger partial charge in [-0.15, -0.1) is 0 Å². The molecule has 0 bridgehead atoms. The smallest absolute Gasteiger partial charge is 0.238 e. The van der Waals surface area contributed by atoms with Crippen LogP contribution in [0.4, 0.5) is 0 Å². The first-order valence-electron chi connectivity index (χ1n) is 10.1. The first-order valence-corrected chi connectivity index (χ1v) is 11.7. The van der Waals surface area contributed by atoms with Gasteiger partial charge in [0, 0.05) is 26.2 Å². The van der Waals surface area contributed by atoms with Gasteiger partial charge in [-0.3, -0.25) is 4.99 Å². The molecule has 3 N–H and O–H groups in total. The number of hydrogen-bond donors (Lipinski definition) is 2. The predicted octanol–water partition coefficient (Wildman–Crippen LogP) is 2.41. The number of nitrogens with zero attached hydrogens (tertiary/aromatic N) is 2. The van der Waals surface area contributed by atoms with E-state index in [9.17, 15) is 8.42 Å². The fourth-order valence-electron chi connectivity index (χ4n) is 3.70. The molecule has 1 unspecified atom stereocenters. The first kappa shape index (κ1) is 21.3. The highest BCUT2D eigenvalue weighted by Gasteiger charge is 2.24. The van der Waals surface area contributed by atoms with Gasteiger partial charge < -0.3 is 10.2 Å². The van der Waals surface area contributed by atoms with Crippen LogP contribution < -0.4 is 10.5 Å². The van der Waals surface area contributed by atoms with Gasteiger partial charge in [0.2, 0.25) is 10.0 Å². The standard InChI is InChI=1S/C22H30N4O2S/c1-2-24-22(25-14-12-18-8-10-21(11-9-18)29(23,27)28)26-15-13-20(17-26)16-19-6-4-3-5-7-19/h3-11,20H,2,12-17H2,1H3,(H,24,25)(H2,23,27,28). The Kier molecular flexibility index (Phi) is 7.28. The molecule has 7 heteroatoms. The van der Waals surface area contributed by atoms with Gasteiger partial charge in [-0.05, 0) is 55.4 Å². The number of primary sulfonamides is 1. The average molecular weight is 415 g/mol. The van der Waals surface area contributed by atoms with E-state index in [1.54, 1.807) is 24.3 Å². The monoisotopic (exact) mass is 414 g/mol. The van der Waals surface area contributed by atoms with Crippen molar-refractivity contribution in [2.75, 3.05) is 26.2 Å². The van der Waals surface area contributed by atoms with Crippen molar-refractivity contribution in [1.82, 2.24) is 10.2 Å². The van der Waals surface area contributed by atoms with E-state index in [1.807, 2.05) is 0 Å². The quantitative estimate of drug-likeness (QED) is 0.538. The average Bonchev–Trinajstić information content (AvgIpc) is 3.16. The summed E-state index contributed by atoms with van der Waals surface area (Å²) in [7, 11) is -3.64. The van der Waals surface area contributed by atoms with Crippen molar-refractivity contribution >= 4 is 16.0 Å². The van der Waals surface area contributed by atoms with Crippen LogP contribution in [0.25, 0.3) is 0 Å². The molecule has 3 rings (SSSR count). The van der Waals surface area contributed by atoms with E-state index in [1.165, 1.54) is 12.0 Å². The summed E-state index contributed by atoms with van der Waals surface area (Å²) in [6.45, 7) is 5.61. The molecule has 1 fully saturated rings. The molecule has 1 heterocycles. The first-order chi connectivity index (χ1) is 14.0. The zero-order chi connectivity index (χ0) is 20.7. The summed E-state index contributed by atoms with van der Waals surface area (Å²) in [5.74, 6) is 1.61. The topological polar surface area (TPSA) is 87.8 Å². The van der Waals surface area contributed by atoms with E-state index < -0.39 is 10.0 Å². The number of likely N-dealkylation sites (tertiary alicyclic amines) is 1. The molecule has 2 aromatic rings. The Hall–Kier alpha value is -2.38. The number of rotatable bonds is 7. The van der Waals surface area contributed by atoms with Crippen molar-refractivity contribution in [1.29, 1.82) is 0 Å². The molecular weight excluding hydrogens is 384 g/mol. The number of sulfonamides is 1. The van der Waals surface area contributed by atoms with Gasteiger partial charge in [-0.1, -0.05) is 42.5 Å². The second kappa shape index (κ2) is 9.89. The maximum absolute atomic E-state index is 11.4. The molecule has 1 aliphatic rings. The van der Waals surface area contributed by atoms with Crippen molar-refractivity contribution in [2.24, 2.45) is 16.0 Å². The normalized spacial score (nSPS) is 17.5. The third-order valence-electron chi connectivity index (χ3n) is 5.20. The fraction of sp³-hybridized carbons (Fsp3) is 0.409. The van der Waals surface area contributed by atoms with Crippen molar-refractivity contribution in [2.45, 2.75) is 31.1 Å². The van der Waals surface area contributed by atoms with Crippen molar-refractivity contribution < 1.29 is 8.42 Å². The summed E-state index contributed by atoms with van der Waals surface area (Å²) < 4.78 is 22.7. The van der Waals surface area contributed by atoms with E-state index in [0.29, 0.717) is 12.5 Å². The minimum atomic E-state index is -3.64. The highest BCUT2D eigenvalue weighted by molar-refractivity contribution is 7.89. The second-order valence-electron chi connectivity index (χ2n) is 7.47. The molecule has 0 aliphatic carbocycles. The molecular formula is C22H30N4O2S. The zero-order valence-corrected chi connectivity index (χ0v) is 17.7. The maximum atomic E-state index is 11.4. The Labute approximate surface area is 173 Å². The Balaban J connectivity index is 1.56. The van der Waals surface area contributed by atoms with Crippen LogP contribution in [0.2, 0.25) is 0 Å². The third kappa shape index (κ3) is 6.30. The van der Waals surface area contributed by atoms with Crippen LogP contribution in [0.15, 0.2) is 64.5 Å². The van der Waals surface area contributed by atoms with Crippen molar-refractivity contribution in [3.05, 3.63) is 65.7 Å². The molecule has 1 atom stereocenters. The lowest BCUT2D eigenvalue weighted by Gasteiger charge is -2.21. The molecule has 2 aromatic carbocycles. The van der Waals surface area contributed by atoms with Gasteiger partial charge in [-0.2, -0.15) is 0 Å². The van der Waals surface area contributed by atoms with Crippen molar-refractivity contribution in [3.63, 3.8) is 0 Å². The van der Waals surface area contributed by atoms with E-state index in [4.69, 9.17) is 10.1 Å². The number of nitrogens with one attached hydrogen (secondary N) is 1. The van der Waals surface area contributed by atoms with E-state index in [0.717, 1.165) is 44.0 Å². The Bertz CT molecular complexity index is 912. The highest BCUT2D eigenvalue weighted by atomic mass is 32.2. The summed E-state index contributed by atoms with van der Waals surface area (Å²) >= 11 is 0. The van der Waals surface area contributed by atoms with Crippen LogP contribution in [0.3, 0.4) is 0 Å². The van der Waals surface area contributed by atoms with Gasteiger partial charge in [0.1, 0.15) is 0 Å². The molecule has 6 nitrogen and oxygen atoms in total. The van der Waals surface area contributed by atoms with Crippen LogP contribution in [0, 0.1) is 5.92 Å². The number of nitrogens with two attached hydrogens (primary N) is 1. The summed E-state index contributed by atoms with van der Waals surface area (Å²) in [5, 5.41) is 8.55. The van der Waals surface area contributed by atoms with Gasteiger partial charge in [0.05, 0.1) is 4.90 Å². The number of aliphatic imine (C=N–C) groups is 1. The molecule has 0 spiro atoms. The molecule has 1 aliphatic heterocycles. The second-order valence-corrected chi connectivity index (χ2v) is 9.03. The maximum Gasteiger partial charge on any atom is 0.238 e. The SMILES string of the molecule is CCNC(=NCCc1ccc(S(N)(=O)=O)cc1)N1CCC(Cc2ccccc2)C1. The molecule has 29 heavy (non-hydrogen) atoms. The number of benzene rings is 2. The highest BCUT2D eigenvalue weighted by Crippen LogP contribution is 2.21. The molecule has 0 aromatic heterocycles. The molecule has 0 amide bonds. The largest absolute Gasteiger partial charge is 0.357 e. The van der Waals surface area contributed by atoms with Crippen LogP contribution >= 0.6 is 0 Å². The lowest BCUT2D eigenvalue weighted by atomic mass is 9.99. The Morgan fingerprint density at radius 2 is 1.86 bits per heavy atom. The number of guanidine groups is 1. The minimum Gasteiger partial charge on any atom is -0.357 e. The predicted molar refractivity (Wildman–Crippen MR) is 117 cm³/mol. The van der Waals surface area contributed by atoms with E-state index in [2.05, 4.69) is 47.5 Å². The van der Waals surface area contributed by atoms with Gasteiger partial charge in [-0.25, -0.2) is 13.6 Å². The van der Waals surface area contributed by atoms with Gasteiger partial charge >= 0.3 is 0 Å².